The molecule has 2 unspecified atom stereocenters. The normalized spacial score (nSPS) is 17.5. The molecular formula is C27H20Cl2N6Na2O10S2. The van der Waals surface area contributed by atoms with E-state index in [0.717, 1.165) is 41.8 Å². The molecule has 4 heterocycles. The van der Waals surface area contributed by atoms with E-state index in [2.05, 4.69) is 20.6 Å². The molecule has 2 aromatic heterocycles. The molecule has 2 aliphatic heterocycles. The zero-order valence-corrected chi connectivity index (χ0v) is 33.0. The predicted molar refractivity (Wildman–Crippen MR) is 165 cm³/mol. The molecule has 1 aromatic carbocycles. The number of nitrogens with two attached hydrogens (primary N) is 1. The van der Waals surface area contributed by atoms with Crippen molar-refractivity contribution in [3.63, 3.8) is 0 Å². The number of rotatable bonds is 10. The van der Waals surface area contributed by atoms with Crippen LogP contribution in [0, 0.1) is 0 Å². The summed E-state index contributed by atoms with van der Waals surface area (Å²) in [5, 5.41) is 53.1. The molecule has 22 heteroatoms. The minimum atomic E-state index is -1.92. The first-order chi connectivity index (χ1) is 22.1. The smallest absolute Gasteiger partial charge is 0.869 e. The number of amides is 2. The fraction of sp³-hybridized carbons (Fsp3) is 0.222. The number of phenolic OH excluding ortho intramolecular Hbond substituents is 1. The van der Waals surface area contributed by atoms with Crippen molar-refractivity contribution < 1.29 is 108 Å². The van der Waals surface area contributed by atoms with Crippen LogP contribution in [0.4, 0.5) is 5.13 Å². The number of phenols is 1. The zero-order chi connectivity index (χ0) is 34.4. The molecule has 0 aliphatic carbocycles. The number of carbonyl (C=O) groups is 4. The van der Waals surface area contributed by atoms with E-state index in [1.54, 1.807) is 0 Å². The number of oxime groups is 1. The van der Waals surface area contributed by atoms with E-state index in [0.29, 0.717) is 0 Å². The van der Waals surface area contributed by atoms with Gasteiger partial charge in [0.05, 0.1) is 11.0 Å². The summed E-state index contributed by atoms with van der Waals surface area (Å²) in [4.78, 5) is 60.1. The fourth-order valence-corrected chi connectivity index (χ4v) is 6.54. The third kappa shape index (κ3) is 8.24. The van der Waals surface area contributed by atoms with Crippen molar-refractivity contribution in [1.82, 2.24) is 20.4 Å². The molecule has 2 atom stereocenters. The van der Waals surface area contributed by atoms with Crippen LogP contribution in [0.15, 0.2) is 44.5 Å². The Morgan fingerprint density at radius 3 is 2.57 bits per heavy atom. The Morgan fingerprint density at radius 2 is 1.96 bits per heavy atom. The van der Waals surface area contributed by atoms with E-state index in [1.165, 1.54) is 29.7 Å². The molecule has 16 nitrogen and oxygen atoms in total. The van der Waals surface area contributed by atoms with Crippen LogP contribution < -0.4 is 80.4 Å². The summed E-state index contributed by atoms with van der Waals surface area (Å²) in [5.41, 5.74) is 3.41. The number of carboxylic acid groups (broad SMARTS) is 2. The SMILES string of the molecule is CC(C)(O/N=C(\C(=O)NC1C(=O)N2C(C(=O)O)=C(/C=C/c3cc(-c4cc(Cl)c([O-])c(O)c4Cl)no3)CSC12)c1csc(N)n1)C(=O)[O-].[Na+].[Na+]. The number of hydrogen-bond donors (Lipinski definition) is 4. The summed E-state index contributed by atoms with van der Waals surface area (Å²) in [6.07, 6.45) is 2.81. The van der Waals surface area contributed by atoms with Crippen LogP contribution in [0.5, 0.6) is 11.5 Å². The van der Waals surface area contributed by atoms with Crippen molar-refractivity contribution in [2.45, 2.75) is 30.9 Å². The number of benzene rings is 1. The number of halogens is 2. The van der Waals surface area contributed by atoms with Crippen LogP contribution in [-0.4, -0.2) is 77.5 Å². The van der Waals surface area contributed by atoms with Crippen LogP contribution in [0.3, 0.4) is 0 Å². The first kappa shape index (κ1) is 40.6. The number of aromatic nitrogens is 2. The van der Waals surface area contributed by atoms with E-state index in [4.69, 9.17) is 38.3 Å². The molecule has 2 amide bonds. The molecule has 5 rings (SSSR count). The van der Waals surface area contributed by atoms with Gasteiger partial charge < -0.3 is 45.6 Å². The van der Waals surface area contributed by atoms with Gasteiger partial charge in [0.15, 0.2) is 22.2 Å². The second-order valence-corrected chi connectivity index (χ2v) is 13.1. The molecule has 49 heavy (non-hydrogen) atoms. The standard InChI is InChI=1S/C27H22Cl2N6O10S2.2Na/c1-27(2,25(42)43)45-34-16(14-8-47-26(30)31-14)21(38)32-17-22(39)35-18(24(40)41)9(7-46-23(17)35)3-4-10-5-13(33-44-10)11-6-12(28)19(36)20(37)15(11)29;;/h3-6,8,17,23,36-37H,7H2,1-2H3,(H2,30,31)(H,32,38)(H,40,41)(H,42,43);;/q;2*+1/p-2/b4-3+,34-16-;;. The number of anilines is 1. The number of fused-ring (bicyclic) bond motifs is 1. The van der Waals surface area contributed by atoms with E-state index in [-0.39, 0.29) is 114 Å². The molecule has 0 spiro atoms. The largest absolute Gasteiger partial charge is 1.00 e. The second kappa shape index (κ2) is 16.1. The Morgan fingerprint density at radius 1 is 1.27 bits per heavy atom. The molecule has 1 saturated heterocycles. The summed E-state index contributed by atoms with van der Waals surface area (Å²) in [6, 6.07) is 1.45. The van der Waals surface area contributed by atoms with Crippen molar-refractivity contribution in [2.75, 3.05) is 11.5 Å². The van der Waals surface area contributed by atoms with Gasteiger partial charge >= 0.3 is 65.1 Å². The number of aromatic hydroxyl groups is 1. The molecule has 0 bridgehead atoms. The molecule has 246 valence electrons. The molecule has 3 aromatic rings. The van der Waals surface area contributed by atoms with E-state index in [1.807, 2.05) is 0 Å². The quantitative estimate of drug-likeness (QED) is 0.0654. The van der Waals surface area contributed by atoms with Gasteiger partial charge in [-0.2, -0.15) is 0 Å². The number of thioether (sulfide) groups is 1. The first-order valence-corrected chi connectivity index (χ1v) is 15.7. The van der Waals surface area contributed by atoms with E-state index >= 15 is 0 Å². The minimum Gasteiger partial charge on any atom is -0.869 e. The Kier molecular flexibility index (Phi) is 13.3. The molecule has 2 aliphatic rings. The van der Waals surface area contributed by atoms with Gasteiger partial charge in [-0.05, 0) is 37.3 Å². The van der Waals surface area contributed by atoms with Crippen molar-refractivity contribution in [3.05, 3.63) is 56.4 Å². The van der Waals surface area contributed by atoms with E-state index in [9.17, 15) is 39.6 Å². The Labute approximate surface area is 338 Å². The van der Waals surface area contributed by atoms with Crippen LogP contribution >= 0.6 is 46.3 Å². The van der Waals surface area contributed by atoms with Gasteiger partial charge in [-0.3, -0.25) is 14.5 Å². The van der Waals surface area contributed by atoms with Crippen molar-refractivity contribution in [3.8, 4) is 22.8 Å². The van der Waals surface area contributed by atoms with Crippen molar-refractivity contribution >= 4 is 87.0 Å². The summed E-state index contributed by atoms with van der Waals surface area (Å²) >= 11 is 14.1. The first-order valence-electron chi connectivity index (χ1n) is 13.0. The van der Waals surface area contributed by atoms with E-state index < -0.39 is 58.0 Å². The molecule has 0 saturated carbocycles. The summed E-state index contributed by atoms with van der Waals surface area (Å²) in [7, 11) is 0. The number of carbonyl (C=O) groups excluding carboxylic acids is 3. The fourth-order valence-electron chi connectivity index (χ4n) is 4.24. The van der Waals surface area contributed by atoms with Crippen LogP contribution in [0.25, 0.3) is 17.3 Å². The van der Waals surface area contributed by atoms with Gasteiger partial charge in [0.2, 0.25) is 0 Å². The summed E-state index contributed by atoms with van der Waals surface area (Å²) in [5.74, 6) is -6.05. The Bertz CT molecular complexity index is 1930. The van der Waals surface area contributed by atoms with Gasteiger partial charge in [0, 0.05) is 27.8 Å². The van der Waals surface area contributed by atoms with Crippen molar-refractivity contribution in [1.29, 1.82) is 0 Å². The topological polar surface area (TPSA) is 257 Å². The molecule has 0 radical (unpaired) electrons. The maximum atomic E-state index is 13.2. The third-order valence-corrected chi connectivity index (χ3v) is 9.36. The van der Waals surface area contributed by atoms with Crippen molar-refractivity contribution in [2.24, 2.45) is 5.16 Å². The van der Waals surface area contributed by atoms with Gasteiger partial charge in [-0.15, -0.1) is 23.1 Å². The maximum absolute atomic E-state index is 13.2. The van der Waals surface area contributed by atoms with Gasteiger partial charge in [0.1, 0.15) is 34.3 Å². The monoisotopic (exact) mass is 768 g/mol. The third-order valence-electron chi connectivity index (χ3n) is 6.72. The van der Waals surface area contributed by atoms with Crippen LogP contribution in [0.2, 0.25) is 10.0 Å². The Hall–Kier alpha value is -2.78. The number of β-lactam (4-membered cyclic amide) rings is 1. The summed E-state index contributed by atoms with van der Waals surface area (Å²) in [6.45, 7) is 2.31. The minimum absolute atomic E-state index is 0. The maximum Gasteiger partial charge on any atom is 1.00 e. The number of aliphatic carboxylic acids is 2. The van der Waals surface area contributed by atoms with Gasteiger partial charge in [0.25, 0.3) is 11.8 Å². The number of nitrogens with one attached hydrogen (secondary N) is 1. The predicted octanol–water partition coefficient (Wildman–Crippen LogP) is -4.82. The number of nitrogens with zero attached hydrogens (tertiary/aromatic N) is 4. The number of hydrogen-bond acceptors (Lipinski definition) is 15. The molecule has 1 fully saturated rings. The molecule has 5 N–H and O–H groups in total. The number of thiazole rings is 1. The van der Waals surface area contributed by atoms with Gasteiger partial charge in [-0.25, -0.2) is 9.78 Å². The summed E-state index contributed by atoms with van der Waals surface area (Å²) < 4.78 is 5.26. The number of nitrogen functional groups attached to an aromatic ring is 1. The number of carboxylic acids is 2. The second-order valence-electron chi connectivity index (χ2n) is 10.3. The average Bonchev–Trinajstić information content (AvgIpc) is 3.67. The van der Waals surface area contributed by atoms with Crippen LogP contribution in [0.1, 0.15) is 25.3 Å². The average molecular weight is 770 g/mol. The van der Waals surface area contributed by atoms with Gasteiger partial charge in [-0.1, -0.05) is 39.6 Å². The van der Waals surface area contributed by atoms with Crippen LogP contribution in [-0.2, 0) is 24.0 Å². The number of allylic oxidation sites excluding steroid dienone is 1. The zero-order valence-electron chi connectivity index (χ0n) is 25.8. The Balaban J connectivity index is 0.00000325. The molecular weight excluding hydrogens is 749 g/mol.